The molecule has 1 heterocycles. The van der Waals surface area contributed by atoms with Gasteiger partial charge in [0.05, 0.1) is 12.7 Å². The largest absolute Gasteiger partial charge is 0.508 e. The lowest BCUT2D eigenvalue weighted by atomic mass is 10.0. The third-order valence-electron chi connectivity index (χ3n) is 5.22. The Labute approximate surface area is 210 Å². The molecule has 0 bridgehead atoms. The number of fused-ring (bicyclic) bond motifs is 1. The number of aromatic hydroxyl groups is 1. The maximum absolute atomic E-state index is 13.5. The maximum Gasteiger partial charge on any atom is 0.276 e. The second kappa shape index (κ2) is 10.0. The summed E-state index contributed by atoms with van der Waals surface area (Å²) < 4.78 is 11.6. The Morgan fingerprint density at radius 3 is 2.62 bits per heavy atom. The van der Waals surface area contributed by atoms with Crippen LogP contribution in [-0.4, -0.2) is 35.6 Å². The molecule has 8 nitrogen and oxygen atoms in total. The Hall–Kier alpha value is -3.73. The average Bonchev–Trinajstić information content (AvgIpc) is 2.85. The molecule has 174 valence electrons. The van der Waals surface area contributed by atoms with Gasteiger partial charge in [-0.3, -0.25) is 15.0 Å². The molecule has 0 fully saturated rings. The predicted octanol–water partition coefficient (Wildman–Crippen LogP) is 4.48. The summed E-state index contributed by atoms with van der Waals surface area (Å²) in [5, 5.41) is 15.0. The minimum absolute atomic E-state index is 0.0527. The van der Waals surface area contributed by atoms with Crippen molar-refractivity contribution in [3.63, 3.8) is 0 Å². The molecule has 3 aromatic carbocycles. The normalized spacial score (nSPS) is 14.6. The standard InChI is InChI=1S/C25H22IN3O5/c1-3-12-34-17-7-4-15(5-8-17)24(31)28-29-23(20-14-18(33-2)9-11-22(20)30)27-21-10-6-16(26)13-19(21)25(29)32/h3-11,13-14,23,27,30H,1,12H2,2H3,(H,28,31)/t23-/m0/s1. The number of carbonyl (C=O) groups excluding carboxylic acids is 2. The first-order chi connectivity index (χ1) is 16.4. The molecule has 0 spiro atoms. The van der Waals surface area contributed by atoms with Crippen molar-refractivity contribution >= 4 is 40.1 Å². The number of phenolic OH excluding ortho intramolecular Hbond substituents is 1. The highest BCUT2D eigenvalue weighted by Gasteiger charge is 2.36. The zero-order valence-electron chi connectivity index (χ0n) is 18.2. The van der Waals surface area contributed by atoms with Crippen molar-refractivity contribution in [2.75, 3.05) is 19.0 Å². The smallest absolute Gasteiger partial charge is 0.276 e. The van der Waals surface area contributed by atoms with E-state index >= 15 is 0 Å². The maximum atomic E-state index is 13.5. The number of halogens is 1. The minimum atomic E-state index is -0.880. The van der Waals surface area contributed by atoms with Crippen LogP contribution in [0.1, 0.15) is 32.4 Å². The van der Waals surface area contributed by atoms with E-state index in [0.29, 0.717) is 40.5 Å². The van der Waals surface area contributed by atoms with E-state index in [9.17, 15) is 14.7 Å². The number of hydrogen-bond donors (Lipinski definition) is 3. The lowest BCUT2D eigenvalue weighted by Crippen LogP contribution is -2.52. The molecule has 0 radical (unpaired) electrons. The zero-order chi connectivity index (χ0) is 24.2. The van der Waals surface area contributed by atoms with Crippen LogP contribution in [0.2, 0.25) is 0 Å². The van der Waals surface area contributed by atoms with E-state index < -0.39 is 18.0 Å². The van der Waals surface area contributed by atoms with Gasteiger partial charge in [0.1, 0.15) is 23.9 Å². The number of hydrazine groups is 1. The van der Waals surface area contributed by atoms with Crippen LogP contribution in [0.4, 0.5) is 5.69 Å². The van der Waals surface area contributed by atoms with E-state index in [1.165, 1.54) is 18.2 Å². The molecule has 0 aromatic heterocycles. The van der Waals surface area contributed by atoms with Crippen molar-refractivity contribution in [3.8, 4) is 17.2 Å². The number of carbonyl (C=O) groups is 2. The molecule has 2 amide bonds. The third-order valence-corrected chi connectivity index (χ3v) is 5.89. The SMILES string of the molecule is C=CCOc1ccc(C(=O)NN2C(=O)c3cc(I)ccc3N[C@@H]2c2cc(OC)ccc2O)cc1. The number of methoxy groups -OCH3 is 1. The molecule has 1 aliphatic rings. The van der Waals surface area contributed by atoms with Crippen molar-refractivity contribution in [2.45, 2.75) is 6.17 Å². The summed E-state index contributed by atoms with van der Waals surface area (Å²) in [6, 6.07) is 16.6. The van der Waals surface area contributed by atoms with Crippen LogP contribution in [0.5, 0.6) is 17.2 Å². The van der Waals surface area contributed by atoms with Gasteiger partial charge in [0.2, 0.25) is 0 Å². The number of amides is 2. The second-order valence-electron chi connectivity index (χ2n) is 7.40. The number of hydrogen-bond acceptors (Lipinski definition) is 6. The molecule has 3 aromatic rings. The summed E-state index contributed by atoms with van der Waals surface area (Å²) in [5.41, 5.74) is 4.38. The van der Waals surface area contributed by atoms with Gasteiger partial charge in [-0.15, -0.1) is 0 Å². The molecule has 0 unspecified atom stereocenters. The third kappa shape index (κ3) is 4.79. The predicted molar refractivity (Wildman–Crippen MR) is 136 cm³/mol. The molecule has 3 N–H and O–H groups in total. The van der Waals surface area contributed by atoms with Gasteiger partial charge >= 0.3 is 0 Å². The van der Waals surface area contributed by atoms with E-state index in [1.54, 1.807) is 54.6 Å². The van der Waals surface area contributed by atoms with Crippen LogP contribution in [0.15, 0.2) is 73.3 Å². The molecular weight excluding hydrogens is 549 g/mol. The molecular formula is C25H22IN3O5. The van der Waals surface area contributed by atoms with Gasteiger partial charge in [0.25, 0.3) is 11.8 Å². The summed E-state index contributed by atoms with van der Waals surface area (Å²) in [5.74, 6) is 0.125. The van der Waals surface area contributed by atoms with Gasteiger partial charge in [-0.25, -0.2) is 5.01 Å². The van der Waals surface area contributed by atoms with Crippen molar-refractivity contribution < 1.29 is 24.2 Å². The molecule has 1 atom stereocenters. The van der Waals surface area contributed by atoms with Crippen LogP contribution in [-0.2, 0) is 0 Å². The zero-order valence-corrected chi connectivity index (χ0v) is 20.4. The average molecular weight is 571 g/mol. The lowest BCUT2D eigenvalue weighted by Gasteiger charge is -2.38. The topological polar surface area (TPSA) is 100 Å². The summed E-state index contributed by atoms with van der Waals surface area (Å²) >= 11 is 2.12. The van der Waals surface area contributed by atoms with E-state index in [-0.39, 0.29) is 5.75 Å². The Bertz CT molecular complexity index is 1250. The van der Waals surface area contributed by atoms with E-state index in [2.05, 4.69) is 39.9 Å². The molecule has 0 saturated carbocycles. The fourth-order valence-electron chi connectivity index (χ4n) is 3.52. The van der Waals surface area contributed by atoms with Crippen molar-refractivity contribution in [2.24, 2.45) is 0 Å². The van der Waals surface area contributed by atoms with Gasteiger partial charge < -0.3 is 19.9 Å². The Kier molecular flexibility index (Phi) is 6.92. The van der Waals surface area contributed by atoms with Crippen LogP contribution in [0.3, 0.4) is 0 Å². The van der Waals surface area contributed by atoms with Crippen LogP contribution in [0, 0.1) is 3.57 Å². The van der Waals surface area contributed by atoms with Gasteiger partial charge in [0.15, 0.2) is 6.17 Å². The van der Waals surface area contributed by atoms with Gasteiger partial charge in [0, 0.05) is 20.4 Å². The summed E-state index contributed by atoms with van der Waals surface area (Å²) in [6.07, 6.45) is 0.747. The molecule has 0 aliphatic carbocycles. The van der Waals surface area contributed by atoms with E-state index in [1.807, 2.05) is 6.07 Å². The fraction of sp³-hybridized carbons (Fsp3) is 0.120. The van der Waals surface area contributed by atoms with Crippen molar-refractivity contribution in [1.29, 1.82) is 0 Å². The summed E-state index contributed by atoms with van der Waals surface area (Å²) in [6.45, 7) is 3.96. The summed E-state index contributed by atoms with van der Waals surface area (Å²) in [4.78, 5) is 26.6. The second-order valence-corrected chi connectivity index (χ2v) is 8.65. The molecule has 1 aliphatic heterocycles. The van der Waals surface area contributed by atoms with Crippen molar-refractivity contribution in [1.82, 2.24) is 10.4 Å². The Morgan fingerprint density at radius 2 is 1.91 bits per heavy atom. The van der Waals surface area contributed by atoms with Crippen LogP contribution >= 0.6 is 22.6 Å². The fourth-order valence-corrected chi connectivity index (χ4v) is 4.01. The van der Waals surface area contributed by atoms with Gasteiger partial charge in [-0.05, 0) is 83.3 Å². The quantitative estimate of drug-likeness (QED) is 0.286. The lowest BCUT2D eigenvalue weighted by molar-refractivity contribution is 0.0488. The number of anilines is 1. The highest BCUT2D eigenvalue weighted by Crippen LogP contribution is 2.37. The molecule has 0 saturated heterocycles. The van der Waals surface area contributed by atoms with Gasteiger partial charge in [-0.2, -0.15) is 0 Å². The Balaban J connectivity index is 1.69. The van der Waals surface area contributed by atoms with Gasteiger partial charge in [-0.1, -0.05) is 12.7 Å². The van der Waals surface area contributed by atoms with E-state index in [4.69, 9.17) is 9.47 Å². The Morgan fingerprint density at radius 1 is 1.18 bits per heavy atom. The van der Waals surface area contributed by atoms with Crippen LogP contribution < -0.4 is 20.2 Å². The molecule has 9 heteroatoms. The van der Waals surface area contributed by atoms with Crippen LogP contribution in [0.25, 0.3) is 0 Å². The number of nitrogens with zero attached hydrogens (tertiary/aromatic N) is 1. The number of benzene rings is 3. The minimum Gasteiger partial charge on any atom is -0.508 e. The highest BCUT2D eigenvalue weighted by atomic mass is 127. The summed E-state index contributed by atoms with van der Waals surface area (Å²) in [7, 11) is 1.51. The number of ether oxygens (including phenoxy) is 2. The molecule has 4 rings (SSSR count). The monoisotopic (exact) mass is 571 g/mol. The number of nitrogens with one attached hydrogen (secondary N) is 2. The first-order valence-corrected chi connectivity index (χ1v) is 11.4. The van der Waals surface area contributed by atoms with Crippen molar-refractivity contribution in [3.05, 3.63) is 93.6 Å². The number of rotatable bonds is 7. The first kappa shape index (κ1) is 23.4. The molecule has 34 heavy (non-hydrogen) atoms. The highest BCUT2D eigenvalue weighted by molar-refractivity contribution is 14.1. The van der Waals surface area contributed by atoms with E-state index in [0.717, 1.165) is 3.57 Å². The first-order valence-electron chi connectivity index (χ1n) is 10.3. The number of phenols is 1.